The zero-order valence-electron chi connectivity index (χ0n) is 12.8. The van der Waals surface area contributed by atoms with Gasteiger partial charge < -0.3 is 4.74 Å². The molecule has 2 rings (SSSR count). The lowest BCUT2D eigenvalue weighted by atomic mass is 9.64. The quantitative estimate of drug-likeness (QED) is 0.732. The van der Waals surface area contributed by atoms with Gasteiger partial charge in [-0.2, -0.15) is 0 Å². The first-order valence-electron chi connectivity index (χ1n) is 7.70. The molecule has 2 saturated carbocycles. The second-order valence-corrected chi connectivity index (χ2v) is 5.78. The zero-order chi connectivity index (χ0) is 14.5. The SMILES string of the molecule is CC.CC(=O)OCCC1CCC2C(=O)CCCC12C. The summed E-state index contributed by atoms with van der Waals surface area (Å²) in [5.74, 6) is 1.09. The lowest BCUT2D eigenvalue weighted by Crippen LogP contribution is -2.37. The number of hydrogen-bond donors (Lipinski definition) is 0. The van der Waals surface area contributed by atoms with Crippen molar-refractivity contribution < 1.29 is 14.3 Å². The number of fused-ring (bicyclic) bond motifs is 1. The fourth-order valence-electron chi connectivity index (χ4n) is 3.86. The zero-order valence-corrected chi connectivity index (χ0v) is 12.8. The van der Waals surface area contributed by atoms with Gasteiger partial charge in [0.1, 0.15) is 5.78 Å². The highest BCUT2D eigenvalue weighted by Gasteiger charge is 2.50. The summed E-state index contributed by atoms with van der Waals surface area (Å²) < 4.78 is 5.03. The van der Waals surface area contributed by atoms with E-state index in [2.05, 4.69) is 6.92 Å². The molecule has 0 heterocycles. The molecule has 0 radical (unpaired) electrons. The van der Waals surface area contributed by atoms with Crippen molar-refractivity contribution >= 4 is 11.8 Å². The van der Waals surface area contributed by atoms with Gasteiger partial charge in [0.05, 0.1) is 6.61 Å². The first-order valence-corrected chi connectivity index (χ1v) is 7.70. The molecule has 2 aliphatic rings. The Bertz CT molecular complexity index is 324. The lowest BCUT2D eigenvalue weighted by molar-refractivity contribution is -0.142. The molecule has 0 spiro atoms. The second kappa shape index (κ2) is 7.06. The lowest BCUT2D eigenvalue weighted by Gasteiger charge is -2.39. The minimum atomic E-state index is -0.204. The molecule has 0 bridgehead atoms. The van der Waals surface area contributed by atoms with Gasteiger partial charge in [-0.25, -0.2) is 0 Å². The molecular weight excluding hydrogens is 240 g/mol. The average Bonchev–Trinajstić information content (AvgIpc) is 2.70. The van der Waals surface area contributed by atoms with Gasteiger partial charge in [0.15, 0.2) is 0 Å². The van der Waals surface area contributed by atoms with Crippen LogP contribution >= 0.6 is 0 Å². The Balaban J connectivity index is 0.000000861. The highest BCUT2D eigenvalue weighted by atomic mass is 16.5. The van der Waals surface area contributed by atoms with E-state index in [0.29, 0.717) is 18.3 Å². The van der Waals surface area contributed by atoms with Gasteiger partial charge in [-0.05, 0) is 43.4 Å². The molecule has 19 heavy (non-hydrogen) atoms. The van der Waals surface area contributed by atoms with E-state index in [1.54, 1.807) is 0 Å². The molecule has 0 saturated heterocycles. The average molecular weight is 268 g/mol. The smallest absolute Gasteiger partial charge is 0.302 e. The second-order valence-electron chi connectivity index (χ2n) is 5.78. The van der Waals surface area contributed by atoms with Crippen LogP contribution in [0, 0.1) is 17.3 Å². The normalized spacial score (nSPS) is 33.2. The molecular formula is C16H28O3. The van der Waals surface area contributed by atoms with Gasteiger partial charge in [-0.3, -0.25) is 9.59 Å². The maximum Gasteiger partial charge on any atom is 0.302 e. The van der Waals surface area contributed by atoms with Crippen molar-refractivity contribution in [2.45, 2.75) is 66.2 Å². The third kappa shape index (κ3) is 3.58. The van der Waals surface area contributed by atoms with E-state index >= 15 is 0 Å². The minimum Gasteiger partial charge on any atom is -0.466 e. The third-order valence-corrected chi connectivity index (χ3v) is 4.83. The summed E-state index contributed by atoms with van der Waals surface area (Å²) >= 11 is 0. The van der Waals surface area contributed by atoms with Crippen LogP contribution in [-0.4, -0.2) is 18.4 Å². The van der Waals surface area contributed by atoms with Gasteiger partial charge in [0.2, 0.25) is 0 Å². The summed E-state index contributed by atoms with van der Waals surface area (Å²) in [6.45, 7) is 8.22. The van der Waals surface area contributed by atoms with Crippen LogP contribution in [0.25, 0.3) is 0 Å². The topological polar surface area (TPSA) is 43.4 Å². The van der Waals surface area contributed by atoms with E-state index in [1.165, 1.54) is 6.92 Å². The predicted molar refractivity (Wildman–Crippen MR) is 75.8 cm³/mol. The summed E-state index contributed by atoms with van der Waals surface area (Å²) in [6, 6.07) is 0. The maximum absolute atomic E-state index is 11.9. The van der Waals surface area contributed by atoms with Crippen LogP contribution in [0.5, 0.6) is 0 Å². The molecule has 2 fully saturated rings. The van der Waals surface area contributed by atoms with Crippen molar-refractivity contribution in [3.63, 3.8) is 0 Å². The number of rotatable bonds is 3. The Labute approximate surface area is 117 Å². The number of Topliss-reactive ketones (excluding diaryl/α,β-unsaturated/α-hetero) is 1. The van der Waals surface area contributed by atoms with Crippen LogP contribution in [0.15, 0.2) is 0 Å². The Morgan fingerprint density at radius 1 is 1.37 bits per heavy atom. The number of ether oxygens (including phenoxy) is 1. The molecule has 0 aromatic carbocycles. The first kappa shape index (κ1) is 16.2. The molecule has 2 aliphatic carbocycles. The van der Waals surface area contributed by atoms with Crippen LogP contribution < -0.4 is 0 Å². The van der Waals surface area contributed by atoms with Gasteiger partial charge in [-0.15, -0.1) is 0 Å². The van der Waals surface area contributed by atoms with Crippen molar-refractivity contribution in [3.05, 3.63) is 0 Å². The number of hydrogen-bond acceptors (Lipinski definition) is 3. The third-order valence-electron chi connectivity index (χ3n) is 4.83. The predicted octanol–water partition coefficient (Wildman–Crippen LogP) is 3.75. The Morgan fingerprint density at radius 2 is 2.05 bits per heavy atom. The molecule has 3 unspecified atom stereocenters. The standard InChI is InChI=1S/C14H22O3.C2H6/c1-10(15)17-9-7-11-5-6-12-13(16)4-3-8-14(11,12)2;1-2/h11-12H,3-9H2,1-2H3;1-2H3. The van der Waals surface area contributed by atoms with Crippen molar-refractivity contribution in [1.29, 1.82) is 0 Å². The monoisotopic (exact) mass is 268 g/mol. The van der Waals surface area contributed by atoms with E-state index < -0.39 is 0 Å². The summed E-state index contributed by atoms with van der Waals surface area (Å²) in [5.41, 5.74) is 0.176. The molecule has 0 aliphatic heterocycles. The Hall–Kier alpha value is -0.860. The molecule has 0 amide bonds. The summed E-state index contributed by atoms with van der Waals surface area (Å²) in [6.07, 6.45) is 6.05. The van der Waals surface area contributed by atoms with Crippen LogP contribution in [0.1, 0.15) is 66.2 Å². The Morgan fingerprint density at radius 3 is 2.68 bits per heavy atom. The highest BCUT2D eigenvalue weighted by molar-refractivity contribution is 5.83. The van der Waals surface area contributed by atoms with Crippen molar-refractivity contribution in [1.82, 2.24) is 0 Å². The van der Waals surface area contributed by atoms with Crippen molar-refractivity contribution in [2.75, 3.05) is 6.61 Å². The van der Waals surface area contributed by atoms with Crippen LogP contribution in [0.2, 0.25) is 0 Å². The van der Waals surface area contributed by atoms with Crippen LogP contribution in [0.4, 0.5) is 0 Å². The molecule has 3 heteroatoms. The van der Waals surface area contributed by atoms with Crippen molar-refractivity contribution in [3.8, 4) is 0 Å². The fourth-order valence-corrected chi connectivity index (χ4v) is 3.86. The van der Waals surface area contributed by atoms with Crippen LogP contribution in [-0.2, 0) is 14.3 Å². The molecule has 3 nitrogen and oxygen atoms in total. The largest absolute Gasteiger partial charge is 0.466 e. The number of carbonyl (C=O) groups excluding carboxylic acids is 2. The maximum atomic E-state index is 11.9. The van der Waals surface area contributed by atoms with E-state index in [4.69, 9.17) is 4.74 Å². The van der Waals surface area contributed by atoms with E-state index in [-0.39, 0.29) is 17.3 Å². The number of esters is 1. The molecule has 110 valence electrons. The Kier molecular flexibility index (Phi) is 6.02. The van der Waals surface area contributed by atoms with Gasteiger partial charge >= 0.3 is 5.97 Å². The van der Waals surface area contributed by atoms with E-state index in [0.717, 1.165) is 38.5 Å². The van der Waals surface area contributed by atoms with Crippen LogP contribution in [0.3, 0.4) is 0 Å². The summed E-state index contributed by atoms with van der Waals surface area (Å²) in [4.78, 5) is 22.7. The van der Waals surface area contributed by atoms with Gasteiger partial charge in [-0.1, -0.05) is 20.8 Å². The van der Waals surface area contributed by atoms with Gasteiger partial charge in [0.25, 0.3) is 0 Å². The number of carbonyl (C=O) groups is 2. The summed E-state index contributed by atoms with van der Waals surface area (Å²) in [7, 11) is 0. The highest BCUT2D eigenvalue weighted by Crippen LogP contribution is 2.55. The molecule has 0 aromatic rings. The van der Waals surface area contributed by atoms with Gasteiger partial charge in [0, 0.05) is 19.3 Å². The van der Waals surface area contributed by atoms with E-state index in [1.807, 2.05) is 13.8 Å². The molecule has 3 atom stereocenters. The summed E-state index contributed by atoms with van der Waals surface area (Å²) in [5, 5.41) is 0. The number of ketones is 1. The molecule has 0 aromatic heterocycles. The first-order chi connectivity index (χ1) is 9.04. The van der Waals surface area contributed by atoms with Crippen molar-refractivity contribution in [2.24, 2.45) is 17.3 Å². The fraction of sp³-hybridized carbons (Fsp3) is 0.875. The van der Waals surface area contributed by atoms with E-state index in [9.17, 15) is 9.59 Å². The molecule has 0 N–H and O–H groups in total. The minimum absolute atomic E-state index is 0.176.